The van der Waals surface area contributed by atoms with Crippen molar-refractivity contribution in [1.29, 1.82) is 15.8 Å². The third-order valence-electron chi connectivity index (χ3n) is 4.94. The minimum absolute atomic E-state index is 0.0411. The molecule has 0 spiro atoms. The zero-order valence-electron chi connectivity index (χ0n) is 17.6. The van der Waals surface area contributed by atoms with Gasteiger partial charge in [0.1, 0.15) is 17.7 Å². The van der Waals surface area contributed by atoms with Gasteiger partial charge >= 0.3 is 0 Å². The molecular weight excluding hydrogens is 416 g/mol. The van der Waals surface area contributed by atoms with Gasteiger partial charge in [0.05, 0.1) is 11.6 Å². The molecule has 0 unspecified atom stereocenters. The van der Waals surface area contributed by atoms with Crippen LogP contribution in [0.15, 0.2) is 66.9 Å². The number of fused-ring (bicyclic) bond motifs is 1. The first kappa shape index (κ1) is 22.6. The van der Waals surface area contributed by atoms with Crippen LogP contribution in [0.2, 0.25) is 0 Å². The van der Waals surface area contributed by atoms with Crippen molar-refractivity contribution in [3.63, 3.8) is 0 Å². The molecule has 0 N–H and O–H groups in total. The second kappa shape index (κ2) is 10.8. The second-order valence-corrected chi connectivity index (χ2v) is 8.29. The van der Waals surface area contributed by atoms with Crippen LogP contribution in [0.4, 0.5) is 5.69 Å². The number of rotatable bonds is 5. The molecule has 156 valence electrons. The molecule has 0 radical (unpaired) electrons. The van der Waals surface area contributed by atoms with Gasteiger partial charge in [-0.15, -0.1) is 0 Å². The van der Waals surface area contributed by atoms with Crippen molar-refractivity contribution in [2.75, 3.05) is 17.2 Å². The van der Waals surface area contributed by atoms with Gasteiger partial charge in [-0.1, -0.05) is 54.2 Å². The second-order valence-electron chi connectivity index (χ2n) is 7.02. The fourth-order valence-electron chi connectivity index (χ4n) is 3.39. The van der Waals surface area contributed by atoms with E-state index in [-0.39, 0.29) is 10.7 Å². The molecule has 5 nitrogen and oxygen atoms in total. The first-order valence-electron chi connectivity index (χ1n) is 10.0. The van der Waals surface area contributed by atoms with Gasteiger partial charge in [-0.3, -0.25) is 4.79 Å². The van der Waals surface area contributed by atoms with Crippen molar-refractivity contribution in [2.24, 2.45) is 0 Å². The van der Waals surface area contributed by atoms with E-state index in [1.165, 1.54) is 11.8 Å². The SMILES string of the molecule is CC(=O)SCCCN1C=C/C(=C/C(C#N)=c2ccc(=C(C#N)C#N)cc2)c2ccccc21. The van der Waals surface area contributed by atoms with E-state index in [4.69, 9.17) is 10.5 Å². The Morgan fingerprint density at radius 1 is 1.00 bits per heavy atom. The predicted octanol–water partition coefficient (Wildman–Crippen LogP) is 3.65. The molecular formula is C26H20N4OS. The molecule has 3 rings (SSSR count). The minimum Gasteiger partial charge on any atom is -0.347 e. The number of thioether (sulfide) groups is 1. The smallest absolute Gasteiger partial charge is 0.185 e. The van der Waals surface area contributed by atoms with Gasteiger partial charge in [0.15, 0.2) is 5.12 Å². The Balaban J connectivity index is 1.96. The van der Waals surface area contributed by atoms with Gasteiger partial charge < -0.3 is 4.90 Å². The number of hydrogen-bond donors (Lipinski definition) is 0. The number of carbonyl (C=O) groups excluding carboxylic acids is 1. The van der Waals surface area contributed by atoms with Crippen LogP contribution in [0.1, 0.15) is 18.9 Å². The van der Waals surface area contributed by atoms with Crippen molar-refractivity contribution >= 4 is 39.3 Å². The van der Waals surface area contributed by atoms with Gasteiger partial charge in [-0.2, -0.15) is 15.8 Å². The van der Waals surface area contributed by atoms with Gasteiger partial charge in [-0.05, 0) is 35.4 Å². The highest BCUT2D eigenvalue weighted by atomic mass is 32.2. The zero-order valence-corrected chi connectivity index (χ0v) is 18.4. The molecule has 0 saturated heterocycles. The van der Waals surface area contributed by atoms with Crippen LogP contribution in [0.3, 0.4) is 0 Å². The van der Waals surface area contributed by atoms with E-state index in [2.05, 4.69) is 11.0 Å². The monoisotopic (exact) mass is 436 g/mol. The number of anilines is 1. The van der Waals surface area contributed by atoms with Crippen molar-refractivity contribution < 1.29 is 4.79 Å². The van der Waals surface area contributed by atoms with Crippen molar-refractivity contribution in [3.05, 3.63) is 82.9 Å². The first-order chi connectivity index (χ1) is 15.6. The molecule has 0 aromatic heterocycles. The summed E-state index contributed by atoms with van der Waals surface area (Å²) in [6.45, 7) is 2.38. The van der Waals surface area contributed by atoms with Gasteiger partial charge in [-0.25, -0.2) is 0 Å². The summed E-state index contributed by atoms with van der Waals surface area (Å²) in [5, 5.41) is 29.2. The van der Waals surface area contributed by atoms with Crippen LogP contribution in [-0.4, -0.2) is 17.4 Å². The van der Waals surface area contributed by atoms with Crippen LogP contribution in [-0.2, 0) is 4.79 Å². The summed E-state index contributed by atoms with van der Waals surface area (Å²) in [6.07, 6.45) is 6.73. The fourth-order valence-corrected chi connectivity index (χ4v) is 3.95. The quantitative estimate of drug-likeness (QED) is 0.665. The van der Waals surface area contributed by atoms with Gasteiger partial charge in [0, 0.05) is 41.9 Å². The predicted molar refractivity (Wildman–Crippen MR) is 128 cm³/mol. The lowest BCUT2D eigenvalue weighted by Crippen LogP contribution is -2.21. The van der Waals surface area contributed by atoms with E-state index >= 15 is 0 Å². The summed E-state index contributed by atoms with van der Waals surface area (Å²) >= 11 is 1.34. The van der Waals surface area contributed by atoms with Crippen LogP contribution in [0, 0.1) is 34.0 Å². The molecule has 0 atom stereocenters. The highest BCUT2D eigenvalue weighted by molar-refractivity contribution is 8.13. The number of hydrogen-bond acceptors (Lipinski definition) is 6. The third kappa shape index (κ3) is 5.35. The molecule has 0 aliphatic carbocycles. The average Bonchev–Trinajstić information content (AvgIpc) is 2.82. The lowest BCUT2D eigenvalue weighted by atomic mass is 9.97. The Kier molecular flexibility index (Phi) is 7.65. The first-order valence-corrected chi connectivity index (χ1v) is 11.0. The number of carbonyl (C=O) groups is 1. The minimum atomic E-state index is 0.0411. The molecule has 0 bridgehead atoms. The summed E-state index contributed by atoms with van der Waals surface area (Å²) in [7, 11) is 0. The highest BCUT2D eigenvalue weighted by Gasteiger charge is 2.16. The Morgan fingerprint density at radius 2 is 1.69 bits per heavy atom. The Hall–Kier alpha value is -4.05. The van der Waals surface area contributed by atoms with E-state index in [0.29, 0.717) is 16.0 Å². The molecule has 0 amide bonds. The molecule has 0 saturated carbocycles. The van der Waals surface area contributed by atoms with E-state index in [9.17, 15) is 10.1 Å². The Bertz CT molecular complexity index is 1310. The average molecular weight is 437 g/mol. The lowest BCUT2D eigenvalue weighted by Gasteiger charge is -2.27. The topological polar surface area (TPSA) is 91.7 Å². The zero-order chi connectivity index (χ0) is 22.9. The van der Waals surface area contributed by atoms with Crippen LogP contribution in [0.25, 0.3) is 16.7 Å². The molecule has 2 aromatic rings. The van der Waals surface area contributed by atoms with Crippen molar-refractivity contribution in [1.82, 2.24) is 0 Å². The van der Waals surface area contributed by atoms with Gasteiger partial charge in [0.25, 0.3) is 0 Å². The highest BCUT2D eigenvalue weighted by Crippen LogP contribution is 2.33. The number of nitrogens with zero attached hydrogens (tertiary/aromatic N) is 4. The number of allylic oxidation sites excluding steroid dienone is 3. The third-order valence-corrected chi connectivity index (χ3v) is 5.84. The molecule has 1 aliphatic heterocycles. The van der Waals surface area contributed by atoms with Crippen molar-refractivity contribution in [2.45, 2.75) is 13.3 Å². The summed E-state index contributed by atoms with van der Waals surface area (Å²) < 4.78 is 0. The lowest BCUT2D eigenvalue weighted by molar-refractivity contribution is -0.109. The molecule has 1 heterocycles. The molecule has 1 aliphatic rings. The maximum Gasteiger partial charge on any atom is 0.185 e. The van der Waals surface area contributed by atoms with Crippen LogP contribution < -0.4 is 15.3 Å². The van der Waals surface area contributed by atoms with E-state index in [1.54, 1.807) is 31.2 Å². The van der Waals surface area contributed by atoms with Crippen molar-refractivity contribution in [3.8, 4) is 18.2 Å². The molecule has 32 heavy (non-hydrogen) atoms. The van der Waals surface area contributed by atoms with E-state index in [0.717, 1.165) is 35.5 Å². The number of nitriles is 3. The van der Waals surface area contributed by atoms with E-state index < -0.39 is 0 Å². The Labute approximate surface area is 191 Å². The maximum atomic E-state index is 11.1. The summed E-state index contributed by atoms with van der Waals surface area (Å²) in [5.74, 6) is 0.781. The van der Waals surface area contributed by atoms with Gasteiger partial charge in [0.2, 0.25) is 0 Å². The fraction of sp³-hybridized carbons (Fsp3) is 0.154. The van der Waals surface area contributed by atoms with Crippen LogP contribution in [0.5, 0.6) is 0 Å². The Morgan fingerprint density at radius 3 is 2.34 bits per heavy atom. The van der Waals surface area contributed by atoms with E-state index in [1.807, 2.05) is 54.8 Å². The molecule has 6 heteroatoms. The summed E-state index contributed by atoms with van der Waals surface area (Å²) in [4.78, 5) is 13.3. The number of benzene rings is 2. The molecule has 0 fully saturated rings. The maximum absolute atomic E-state index is 11.1. The number of para-hydroxylation sites is 1. The summed E-state index contributed by atoms with van der Waals surface area (Å²) in [5.41, 5.74) is 3.55. The van der Waals surface area contributed by atoms with Crippen LogP contribution >= 0.6 is 11.8 Å². The standard InChI is InChI=1S/C26H20N4OS/c1-19(31)32-14-4-12-30-13-11-22(25-5-2-3-6-26(25)30)15-23(16-27)20-7-9-21(10-8-20)24(17-28)18-29/h2-3,5-11,13,15H,4,12,14H2,1H3/b22-15-. The normalized spacial score (nSPS) is 12.9. The summed E-state index contributed by atoms with van der Waals surface area (Å²) in [6, 6.07) is 20.9. The molecule has 2 aromatic carbocycles. The largest absolute Gasteiger partial charge is 0.347 e.